The smallest absolute Gasteiger partial charge is 0.140 e. The van der Waals surface area contributed by atoms with Gasteiger partial charge in [0.2, 0.25) is 0 Å². The average Bonchev–Trinajstić information content (AvgIpc) is 2.70. The SMILES string of the molecule is O=C(Cc1cccc(O)c1)C1CCCC1. The van der Waals surface area contributed by atoms with Crippen LogP contribution < -0.4 is 0 Å². The number of hydrogen-bond donors (Lipinski definition) is 1. The Morgan fingerprint density at radius 1 is 1.33 bits per heavy atom. The largest absolute Gasteiger partial charge is 0.508 e. The van der Waals surface area contributed by atoms with Crippen molar-refractivity contribution in [1.29, 1.82) is 0 Å². The van der Waals surface area contributed by atoms with Gasteiger partial charge < -0.3 is 5.11 Å². The Balaban J connectivity index is 1.99. The van der Waals surface area contributed by atoms with Gasteiger partial charge in [-0.25, -0.2) is 0 Å². The minimum absolute atomic E-state index is 0.242. The normalized spacial score (nSPS) is 16.8. The second-order valence-corrected chi connectivity index (χ2v) is 4.29. The van der Waals surface area contributed by atoms with Gasteiger partial charge in [-0.2, -0.15) is 0 Å². The fourth-order valence-corrected chi connectivity index (χ4v) is 2.26. The van der Waals surface area contributed by atoms with E-state index in [0.29, 0.717) is 12.2 Å². The molecular weight excluding hydrogens is 188 g/mol. The van der Waals surface area contributed by atoms with E-state index in [9.17, 15) is 9.90 Å². The number of rotatable bonds is 3. The number of benzene rings is 1. The molecule has 1 N–H and O–H groups in total. The highest BCUT2D eigenvalue weighted by Gasteiger charge is 2.22. The first-order valence-corrected chi connectivity index (χ1v) is 5.56. The lowest BCUT2D eigenvalue weighted by Crippen LogP contribution is -2.13. The molecule has 2 heteroatoms. The number of ketones is 1. The van der Waals surface area contributed by atoms with Gasteiger partial charge in [0.05, 0.1) is 0 Å². The van der Waals surface area contributed by atoms with Gasteiger partial charge in [-0.1, -0.05) is 25.0 Å². The summed E-state index contributed by atoms with van der Waals surface area (Å²) in [6, 6.07) is 6.98. The third kappa shape index (κ3) is 2.58. The molecule has 0 spiro atoms. The van der Waals surface area contributed by atoms with Crippen LogP contribution in [0.1, 0.15) is 31.2 Å². The summed E-state index contributed by atoms with van der Waals surface area (Å²) in [4.78, 5) is 11.8. The molecule has 0 heterocycles. The summed E-state index contributed by atoms with van der Waals surface area (Å²) < 4.78 is 0. The van der Waals surface area contributed by atoms with Crippen molar-refractivity contribution in [2.24, 2.45) is 5.92 Å². The maximum atomic E-state index is 11.8. The maximum Gasteiger partial charge on any atom is 0.140 e. The number of Topliss-reactive ketones (excluding diaryl/α,β-unsaturated/α-hetero) is 1. The summed E-state index contributed by atoms with van der Waals surface area (Å²) >= 11 is 0. The van der Waals surface area contributed by atoms with Gasteiger partial charge in [-0.05, 0) is 30.5 Å². The Morgan fingerprint density at radius 2 is 2.07 bits per heavy atom. The lowest BCUT2D eigenvalue weighted by Gasteiger charge is -2.07. The van der Waals surface area contributed by atoms with Crippen LogP contribution in [-0.4, -0.2) is 10.9 Å². The molecule has 0 amide bonds. The van der Waals surface area contributed by atoms with Crippen molar-refractivity contribution in [3.05, 3.63) is 29.8 Å². The Hall–Kier alpha value is -1.31. The molecule has 1 aromatic carbocycles. The molecule has 0 atom stereocenters. The molecule has 1 aliphatic rings. The van der Waals surface area contributed by atoms with E-state index in [4.69, 9.17) is 0 Å². The highest BCUT2D eigenvalue weighted by Crippen LogP contribution is 2.26. The van der Waals surface area contributed by atoms with Crippen LogP contribution in [0.5, 0.6) is 5.75 Å². The van der Waals surface area contributed by atoms with Crippen molar-refractivity contribution in [2.45, 2.75) is 32.1 Å². The summed E-state index contributed by atoms with van der Waals surface area (Å²) in [7, 11) is 0. The van der Waals surface area contributed by atoms with Crippen LogP contribution in [0.15, 0.2) is 24.3 Å². The molecule has 0 unspecified atom stereocenters. The van der Waals surface area contributed by atoms with Gasteiger partial charge in [0.15, 0.2) is 0 Å². The van der Waals surface area contributed by atoms with Crippen molar-refractivity contribution in [1.82, 2.24) is 0 Å². The Labute approximate surface area is 89.9 Å². The molecule has 0 aliphatic heterocycles. The number of phenolic OH excluding ortho intramolecular Hbond substituents is 1. The summed E-state index contributed by atoms with van der Waals surface area (Å²) in [5.41, 5.74) is 0.923. The fraction of sp³-hybridized carbons (Fsp3) is 0.462. The maximum absolute atomic E-state index is 11.8. The van der Waals surface area contributed by atoms with Crippen molar-refractivity contribution < 1.29 is 9.90 Å². The zero-order valence-corrected chi connectivity index (χ0v) is 8.78. The van der Waals surface area contributed by atoms with Crippen molar-refractivity contribution in [3.63, 3.8) is 0 Å². The fourth-order valence-electron chi connectivity index (χ4n) is 2.26. The second-order valence-electron chi connectivity index (χ2n) is 4.29. The predicted octanol–water partition coefficient (Wildman–Crippen LogP) is 2.69. The summed E-state index contributed by atoms with van der Waals surface area (Å²) in [5, 5.41) is 9.28. The van der Waals surface area contributed by atoms with Crippen LogP contribution in [0.25, 0.3) is 0 Å². The van der Waals surface area contributed by atoms with Crippen LogP contribution in [0.4, 0.5) is 0 Å². The van der Waals surface area contributed by atoms with Gasteiger partial charge >= 0.3 is 0 Å². The van der Waals surface area contributed by atoms with Gasteiger partial charge in [-0.15, -0.1) is 0 Å². The molecule has 0 bridgehead atoms. The van der Waals surface area contributed by atoms with E-state index in [1.54, 1.807) is 18.2 Å². The van der Waals surface area contributed by atoms with Crippen LogP contribution in [0.2, 0.25) is 0 Å². The van der Waals surface area contributed by atoms with E-state index in [0.717, 1.165) is 18.4 Å². The summed E-state index contributed by atoms with van der Waals surface area (Å²) in [5.74, 6) is 0.845. The van der Waals surface area contributed by atoms with E-state index in [1.165, 1.54) is 12.8 Å². The lowest BCUT2D eigenvalue weighted by molar-refractivity contribution is -0.122. The van der Waals surface area contributed by atoms with E-state index < -0.39 is 0 Å². The van der Waals surface area contributed by atoms with Gasteiger partial charge in [0.1, 0.15) is 11.5 Å². The Morgan fingerprint density at radius 3 is 2.73 bits per heavy atom. The monoisotopic (exact) mass is 204 g/mol. The molecule has 1 aromatic rings. The number of hydrogen-bond acceptors (Lipinski definition) is 2. The molecular formula is C13H16O2. The number of carbonyl (C=O) groups excluding carboxylic acids is 1. The molecule has 0 saturated heterocycles. The topological polar surface area (TPSA) is 37.3 Å². The van der Waals surface area contributed by atoms with Crippen LogP contribution in [0, 0.1) is 5.92 Å². The summed E-state index contributed by atoms with van der Waals surface area (Å²) in [6.45, 7) is 0. The van der Waals surface area contributed by atoms with E-state index >= 15 is 0 Å². The minimum atomic E-state index is 0.242. The number of aromatic hydroxyl groups is 1. The number of carbonyl (C=O) groups is 1. The molecule has 1 fully saturated rings. The molecule has 1 aliphatic carbocycles. The quantitative estimate of drug-likeness (QED) is 0.822. The zero-order valence-electron chi connectivity index (χ0n) is 8.78. The third-order valence-electron chi connectivity index (χ3n) is 3.10. The van der Waals surface area contributed by atoms with Crippen molar-refractivity contribution >= 4 is 5.78 Å². The first-order valence-electron chi connectivity index (χ1n) is 5.56. The minimum Gasteiger partial charge on any atom is -0.508 e. The number of phenols is 1. The third-order valence-corrected chi connectivity index (χ3v) is 3.10. The van der Waals surface area contributed by atoms with Gasteiger partial charge in [0.25, 0.3) is 0 Å². The molecule has 1 saturated carbocycles. The van der Waals surface area contributed by atoms with E-state index in [-0.39, 0.29) is 11.7 Å². The molecule has 0 radical (unpaired) electrons. The molecule has 2 rings (SSSR count). The summed E-state index contributed by atoms with van der Waals surface area (Å²) in [6.07, 6.45) is 4.96. The highest BCUT2D eigenvalue weighted by atomic mass is 16.3. The highest BCUT2D eigenvalue weighted by molar-refractivity contribution is 5.83. The Bertz CT molecular complexity index is 351. The van der Waals surface area contributed by atoms with Gasteiger partial charge in [-0.3, -0.25) is 4.79 Å². The van der Waals surface area contributed by atoms with Gasteiger partial charge in [0, 0.05) is 12.3 Å². The van der Waals surface area contributed by atoms with Crippen LogP contribution >= 0.6 is 0 Å². The first kappa shape index (κ1) is 10.2. The lowest BCUT2D eigenvalue weighted by atomic mass is 9.96. The van der Waals surface area contributed by atoms with Crippen LogP contribution in [0.3, 0.4) is 0 Å². The molecule has 0 aromatic heterocycles. The van der Waals surface area contributed by atoms with E-state index in [1.807, 2.05) is 6.07 Å². The predicted molar refractivity (Wildman–Crippen MR) is 58.8 cm³/mol. The Kier molecular flexibility index (Phi) is 3.05. The van der Waals surface area contributed by atoms with Crippen molar-refractivity contribution in [3.8, 4) is 5.75 Å². The molecule has 2 nitrogen and oxygen atoms in total. The van der Waals surface area contributed by atoms with Crippen LogP contribution in [-0.2, 0) is 11.2 Å². The van der Waals surface area contributed by atoms with Crippen molar-refractivity contribution in [2.75, 3.05) is 0 Å². The average molecular weight is 204 g/mol. The first-order chi connectivity index (χ1) is 7.25. The second kappa shape index (κ2) is 4.47. The van der Waals surface area contributed by atoms with E-state index in [2.05, 4.69) is 0 Å². The standard InChI is InChI=1S/C13H16O2/c14-12-7-3-4-10(8-12)9-13(15)11-5-1-2-6-11/h3-4,7-8,11,14H,1-2,5-6,9H2. The molecule has 15 heavy (non-hydrogen) atoms. The zero-order chi connectivity index (χ0) is 10.7. The molecule has 80 valence electrons.